The Kier molecular flexibility index (Phi) is 8.49. The lowest BCUT2D eigenvalue weighted by Crippen LogP contribution is -2.17. The van der Waals surface area contributed by atoms with Gasteiger partial charge >= 0.3 is 0 Å². The van der Waals surface area contributed by atoms with Gasteiger partial charge in [0.1, 0.15) is 5.58 Å². The van der Waals surface area contributed by atoms with Gasteiger partial charge in [-0.3, -0.25) is 0 Å². The van der Waals surface area contributed by atoms with E-state index in [2.05, 4.69) is 116 Å². The van der Waals surface area contributed by atoms with Gasteiger partial charge in [-0.15, -0.1) is 0 Å². The van der Waals surface area contributed by atoms with Gasteiger partial charge in [0.05, 0.1) is 5.69 Å². The zero-order valence-electron chi connectivity index (χ0n) is 31.9. The quantitative estimate of drug-likeness (QED) is 0.172. The summed E-state index contributed by atoms with van der Waals surface area (Å²) in [4.78, 5) is 2.49. The Balaban J connectivity index is 1.11. The van der Waals surface area contributed by atoms with Crippen LogP contribution in [-0.4, -0.2) is 0 Å². The maximum atomic E-state index is 7.12. The van der Waals surface area contributed by atoms with Gasteiger partial charge in [-0.2, -0.15) is 0 Å². The van der Waals surface area contributed by atoms with E-state index in [4.69, 9.17) is 4.42 Å². The first-order valence-corrected chi connectivity index (χ1v) is 21.2. The molecule has 2 heteroatoms. The topological polar surface area (TPSA) is 16.4 Å². The molecule has 0 unspecified atom stereocenters. The first kappa shape index (κ1) is 33.3. The molecule has 0 spiro atoms. The third-order valence-corrected chi connectivity index (χ3v) is 14.1. The Hall–Kier alpha value is -4.30. The molecule has 0 radical (unpaired) electrons. The van der Waals surface area contributed by atoms with E-state index in [0.717, 1.165) is 16.9 Å². The smallest absolute Gasteiger partial charge is 0.159 e. The molecule has 0 bridgehead atoms. The highest BCUT2D eigenvalue weighted by molar-refractivity contribution is 6.11. The Morgan fingerprint density at radius 1 is 0.491 bits per heavy atom. The van der Waals surface area contributed by atoms with E-state index in [-0.39, 0.29) is 5.41 Å². The minimum absolute atomic E-state index is 0.0812. The van der Waals surface area contributed by atoms with Crippen LogP contribution in [0.15, 0.2) is 101 Å². The minimum atomic E-state index is -0.0812. The molecular weight excluding hydrogens is 643 g/mol. The summed E-state index contributed by atoms with van der Waals surface area (Å²) >= 11 is 0. The van der Waals surface area contributed by atoms with Crippen LogP contribution < -0.4 is 4.90 Å². The van der Waals surface area contributed by atoms with E-state index in [0.29, 0.717) is 17.8 Å². The number of anilines is 3. The number of hydrogen-bond donors (Lipinski definition) is 0. The highest BCUT2D eigenvalue weighted by Crippen LogP contribution is 2.53. The number of benzene rings is 5. The molecule has 0 atom stereocenters. The molecule has 10 rings (SSSR count). The zero-order chi connectivity index (χ0) is 35.5. The lowest BCUT2D eigenvalue weighted by atomic mass is 9.79. The van der Waals surface area contributed by atoms with E-state index < -0.39 is 0 Å². The molecule has 1 heterocycles. The van der Waals surface area contributed by atoms with E-state index in [1.165, 1.54) is 152 Å². The lowest BCUT2D eigenvalue weighted by Gasteiger charge is -2.29. The Morgan fingerprint density at radius 3 is 1.70 bits per heavy atom. The summed E-state index contributed by atoms with van der Waals surface area (Å²) in [7, 11) is 0. The molecule has 4 aliphatic carbocycles. The summed E-state index contributed by atoms with van der Waals surface area (Å²) in [6.45, 7) is 4.89. The predicted molar refractivity (Wildman–Crippen MR) is 223 cm³/mol. The van der Waals surface area contributed by atoms with E-state index in [1.807, 2.05) is 0 Å². The molecule has 5 aromatic carbocycles. The summed E-state index contributed by atoms with van der Waals surface area (Å²) < 4.78 is 7.12. The molecule has 0 saturated heterocycles. The van der Waals surface area contributed by atoms with Crippen molar-refractivity contribution in [3.8, 4) is 11.1 Å². The van der Waals surface area contributed by atoms with Crippen molar-refractivity contribution in [3.05, 3.63) is 125 Å². The summed E-state index contributed by atoms with van der Waals surface area (Å²) in [5, 5.41) is 2.46. The van der Waals surface area contributed by atoms with Crippen LogP contribution >= 0.6 is 0 Å². The Labute approximate surface area is 316 Å². The highest BCUT2D eigenvalue weighted by atomic mass is 16.3. The summed E-state index contributed by atoms with van der Waals surface area (Å²) in [5.41, 5.74) is 15.7. The first-order valence-electron chi connectivity index (χ1n) is 21.2. The molecule has 2 nitrogen and oxygen atoms in total. The Bertz CT molecular complexity index is 2270. The monoisotopic (exact) mass is 697 g/mol. The van der Waals surface area contributed by atoms with Crippen LogP contribution in [0.25, 0.3) is 33.1 Å². The van der Waals surface area contributed by atoms with Crippen LogP contribution in [0.5, 0.6) is 0 Å². The first-order chi connectivity index (χ1) is 26.0. The van der Waals surface area contributed by atoms with Crippen LogP contribution in [0.4, 0.5) is 17.1 Å². The normalized spacial score (nSPS) is 19.4. The van der Waals surface area contributed by atoms with E-state index in [9.17, 15) is 0 Å². The fourth-order valence-electron chi connectivity index (χ4n) is 11.1. The maximum Gasteiger partial charge on any atom is 0.159 e. The average molecular weight is 698 g/mol. The number of nitrogens with zero attached hydrogens (tertiary/aromatic N) is 1. The Morgan fingerprint density at radius 2 is 1.02 bits per heavy atom. The molecule has 4 aliphatic rings. The van der Waals surface area contributed by atoms with Crippen molar-refractivity contribution < 1.29 is 4.42 Å². The number of furan rings is 1. The molecule has 3 saturated carbocycles. The van der Waals surface area contributed by atoms with Gasteiger partial charge in [-0.1, -0.05) is 138 Å². The summed E-state index contributed by atoms with van der Waals surface area (Å²) in [6.07, 6.45) is 20.0. The van der Waals surface area contributed by atoms with Crippen molar-refractivity contribution in [1.82, 2.24) is 0 Å². The van der Waals surface area contributed by atoms with Gasteiger partial charge in [0, 0.05) is 27.6 Å². The van der Waals surface area contributed by atoms with Crippen molar-refractivity contribution in [2.45, 2.75) is 133 Å². The second-order valence-electron chi connectivity index (χ2n) is 17.6. The van der Waals surface area contributed by atoms with Crippen molar-refractivity contribution in [3.63, 3.8) is 0 Å². The molecule has 0 N–H and O–H groups in total. The second-order valence-corrected chi connectivity index (χ2v) is 17.6. The van der Waals surface area contributed by atoms with Gasteiger partial charge in [-0.05, 0) is 126 Å². The fourth-order valence-corrected chi connectivity index (χ4v) is 11.1. The average Bonchev–Trinajstić information content (AvgIpc) is 3.71. The number of hydrogen-bond acceptors (Lipinski definition) is 2. The summed E-state index contributed by atoms with van der Waals surface area (Å²) in [6, 6.07) is 38.0. The van der Waals surface area contributed by atoms with Crippen molar-refractivity contribution in [2.24, 2.45) is 0 Å². The van der Waals surface area contributed by atoms with Gasteiger partial charge in [0.15, 0.2) is 5.58 Å². The zero-order valence-corrected chi connectivity index (χ0v) is 31.9. The summed E-state index contributed by atoms with van der Waals surface area (Å²) in [5.74, 6) is 1.97. The standard InChI is InChI=1S/C51H55NO/c1-51(2)46-32-38(35-16-8-4-9-17-35)26-30-42(46)43-31-29-40(33-47(43)51)52(39-27-24-36(25-28-39)34-14-6-3-7-15-34)48-23-13-22-45-44-21-12-20-41(49(44)53-50(45)48)37-18-10-5-11-19-37/h12-13,20-35,37H,3-11,14-19H2,1-2H3. The van der Waals surface area contributed by atoms with E-state index in [1.54, 1.807) is 5.56 Å². The second kappa shape index (κ2) is 13.5. The van der Waals surface area contributed by atoms with Gasteiger partial charge in [0.25, 0.3) is 0 Å². The molecule has 1 aromatic heterocycles. The predicted octanol–water partition coefficient (Wildman–Crippen LogP) is 15.5. The molecule has 0 amide bonds. The minimum Gasteiger partial charge on any atom is -0.454 e. The van der Waals surface area contributed by atoms with Crippen LogP contribution in [0.2, 0.25) is 0 Å². The fraction of sp³-hybridized carbons (Fsp3) is 0.412. The van der Waals surface area contributed by atoms with E-state index >= 15 is 0 Å². The third kappa shape index (κ3) is 5.74. The molecule has 3 fully saturated rings. The largest absolute Gasteiger partial charge is 0.454 e. The van der Waals surface area contributed by atoms with Gasteiger partial charge in [0.2, 0.25) is 0 Å². The molecule has 0 aliphatic heterocycles. The number of para-hydroxylation sites is 2. The molecule has 270 valence electrons. The highest BCUT2D eigenvalue weighted by Gasteiger charge is 2.37. The SMILES string of the molecule is CC1(C)c2cc(C3CCCCC3)ccc2-c2ccc(N(c3ccc(C4CCCCC4)cc3)c3cccc4c3oc3c(C5CCCCC5)cccc34)cc21. The third-order valence-electron chi connectivity index (χ3n) is 14.1. The van der Waals surface area contributed by atoms with Crippen LogP contribution in [-0.2, 0) is 5.41 Å². The lowest BCUT2D eigenvalue weighted by molar-refractivity contribution is 0.442. The number of rotatable bonds is 6. The maximum absolute atomic E-state index is 7.12. The number of fused-ring (bicyclic) bond motifs is 6. The van der Waals surface area contributed by atoms with Crippen molar-refractivity contribution in [2.75, 3.05) is 4.90 Å². The van der Waals surface area contributed by atoms with Crippen LogP contribution in [0, 0.1) is 0 Å². The molecule has 53 heavy (non-hydrogen) atoms. The molecular formula is C51H55NO. The van der Waals surface area contributed by atoms with Crippen LogP contribution in [0.1, 0.15) is 156 Å². The van der Waals surface area contributed by atoms with Gasteiger partial charge < -0.3 is 9.32 Å². The van der Waals surface area contributed by atoms with Gasteiger partial charge in [-0.25, -0.2) is 0 Å². The van der Waals surface area contributed by atoms with Crippen molar-refractivity contribution >= 4 is 39.0 Å². The molecule has 6 aromatic rings. The van der Waals surface area contributed by atoms with Crippen LogP contribution in [0.3, 0.4) is 0 Å². The van der Waals surface area contributed by atoms with Crippen molar-refractivity contribution in [1.29, 1.82) is 0 Å².